The van der Waals surface area contributed by atoms with Crippen LogP contribution in [0, 0.1) is 22.7 Å². The summed E-state index contributed by atoms with van der Waals surface area (Å²) in [6.07, 6.45) is -2.69. The third kappa shape index (κ3) is 4.96. The van der Waals surface area contributed by atoms with Gasteiger partial charge < -0.3 is 25.8 Å². The van der Waals surface area contributed by atoms with Crippen LogP contribution < -0.4 is 16.4 Å². The second-order valence-electron chi connectivity index (χ2n) is 12.2. The largest absolute Gasteiger partial charge is 0.471 e. The summed E-state index contributed by atoms with van der Waals surface area (Å²) < 4.78 is 40.9. The minimum atomic E-state index is -5.17. The Morgan fingerprint density at radius 2 is 1.84 bits per heavy atom. The van der Waals surface area contributed by atoms with E-state index in [4.69, 9.17) is 5.73 Å². The highest BCUT2D eigenvalue weighted by atomic mass is 19.4. The number of primary amides is 1. The van der Waals surface area contributed by atoms with Crippen LogP contribution in [0.5, 0.6) is 0 Å². The number of amides is 4. The topological polar surface area (TPSA) is 152 Å². The van der Waals surface area contributed by atoms with E-state index in [1.807, 2.05) is 23.7 Å². The van der Waals surface area contributed by atoms with E-state index in [9.17, 15) is 32.3 Å². The van der Waals surface area contributed by atoms with Crippen molar-refractivity contribution in [1.29, 1.82) is 0 Å². The number of hydrogen-bond donors (Lipinski definition) is 3. The highest BCUT2D eigenvalue weighted by Gasteiger charge is 2.70. The van der Waals surface area contributed by atoms with Crippen molar-refractivity contribution in [3.63, 3.8) is 0 Å². The van der Waals surface area contributed by atoms with Crippen LogP contribution in [-0.4, -0.2) is 74.1 Å². The third-order valence-corrected chi connectivity index (χ3v) is 8.32. The van der Waals surface area contributed by atoms with E-state index in [-0.39, 0.29) is 36.1 Å². The summed E-state index contributed by atoms with van der Waals surface area (Å²) in [5.41, 5.74) is 4.26. The van der Waals surface area contributed by atoms with Gasteiger partial charge in [-0.25, -0.2) is 0 Å². The van der Waals surface area contributed by atoms with Crippen LogP contribution >= 0.6 is 0 Å². The van der Waals surface area contributed by atoms with Gasteiger partial charge in [-0.1, -0.05) is 34.6 Å². The molecule has 4 rings (SSSR count). The fourth-order valence-electron chi connectivity index (χ4n) is 6.03. The van der Waals surface area contributed by atoms with Gasteiger partial charge in [-0.3, -0.25) is 19.2 Å². The molecule has 14 heteroatoms. The van der Waals surface area contributed by atoms with Gasteiger partial charge >= 0.3 is 12.1 Å². The standard InChI is InChI=1S/C24H34F3N7O4/c1-22(2,3)16(31-21(38)24(25,26)27)20(37)34-9-12-14(23(12,4)5)15(34)19(36)30-13(17(28)35)8-11-6-7-33-10-29-32-18(11)33/h10-16H,6-9H2,1-5H3,(H2,28,35)(H,30,36)(H,31,38)/t11?,12-,13?,14-,15-,16?/m0/s1. The molecule has 4 N–H and O–H groups in total. The van der Waals surface area contributed by atoms with Crippen LogP contribution in [-0.2, 0) is 25.7 Å². The first kappa shape index (κ1) is 27.8. The van der Waals surface area contributed by atoms with Gasteiger partial charge in [0, 0.05) is 19.0 Å². The van der Waals surface area contributed by atoms with Crippen LogP contribution in [0.1, 0.15) is 59.2 Å². The lowest BCUT2D eigenvalue weighted by molar-refractivity contribution is -0.176. The molecule has 1 aromatic rings. The molecule has 1 aliphatic carbocycles. The summed E-state index contributed by atoms with van der Waals surface area (Å²) in [6, 6.07) is -3.59. The van der Waals surface area contributed by atoms with E-state index >= 15 is 0 Å². The molecule has 0 spiro atoms. The van der Waals surface area contributed by atoms with E-state index in [1.54, 1.807) is 6.33 Å². The molecule has 2 aliphatic heterocycles. The maximum absolute atomic E-state index is 13.6. The zero-order valence-corrected chi connectivity index (χ0v) is 22.0. The number of carbonyl (C=O) groups is 4. The average molecular weight is 542 g/mol. The number of aromatic nitrogens is 3. The van der Waals surface area contributed by atoms with Gasteiger partial charge in [0.05, 0.1) is 0 Å². The molecule has 1 aromatic heterocycles. The smallest absolute Gasteiger partial charge is 0.368 e. The molecular formula is C24H34F3N7O4. The fraction of sp³-hybridized carbons (Fsp3) is 0.750. The van der Waals surface area contributed by atoms with Crippen LogP contribution in [0.2, 0.25) is 0 Å². The van der Waals surface area contributed by atoms with Crippen LogP contribution in [0.25, 0.3) is 0 Å². The maximum Gasteiger partial charge on any atom is 0.471 e. The number of piperidine rings is 1. The number of carbonyl (C=O) groups excluding carboxylic acids is 4. The van der Waals surface area contributed by atoms with E-state index in [1.165, 1.54) is 25.7 Å². The van der Waals surface area contributed by atoms with Crippen molar-refractivity contribution in [2.45, 2.75) is 84.2 Å². The summed E-state index contributed by atoms with van der Waals surface area (Å²) >= 11 is 0. The zero-order chi connectivity index (χ0) is 28.4. The molecule has 3 heterocycles. The Labute approximate surface area is 218 Å². The molecule has 38 heavy (non-hydrogen) atoms. The number of nitrogens with one attached hydrogen (secondary N) is 2. The predicted octanol–water partition coefficient (Wildman–Crippen LogP) is 0.702. The van der Waals surface area contributed by atoms with Crippen molar-refractivity contribution in [1.82, 2.24) is 30.3 Å². The van der Waals surface area contributed by atoms with Gasteiger partial charge in [0.15, 0.2) is 0 Å². The molecule has 1 saturated heterocycles. The molecule has 4 amide bonds. The Kier molecular flexibility index (Phi) is 6.76. The van der Waals surface area contributed by atoms with Crippen LogP contribution in [0.15, 0.2) is 6.33 Å². The van der Waals surface area contributed by atoms with Gasteiger partial charge in [0.1, 0.15) is 30.3 Å². The molecule has 3 unspecified atom stereocenters. The summed E-state index contributed by atoms with van der Waals surface area (Å²) in [4.78, 5) is 52.5. The van der Waals surface area contributed by atoms with Crippen molar-refractivity contribution in [2.24, 2.45) is 28.4 Å². The molecule has 210 valence electrons. The summed E-state index contributed by atoms with van der Waals surface area (Å²) in [5, 5.41) is 12.5. The number of rotatable bonds is 7. The SMILES string of the molecule is CC(C)(C)C(NC(=O)C(F)(F)F)C(=O)N1C[C@H]2[C@@H]([C@H]1C(=O)NC(CC1CCn3cnnc31)C(N)=O)C2(C)C. The first-order valence-electron chi connectivity index (χ1n) is 12.6. The molecule has 0 radical (unpaired) electrons. The Morgan fingerprint density at radius 1 is 1.18 bits per heavy atom. The van der Waals surface area contributed by atoms with Gasteiger partial charge in [-0.2, -0.15) is 13.2 Å². The maximum atomic E-state index is 13.6. The Bertz CT molecular complexity index is 1140. The lowest BCUT2D eigenvalue weighted by Crippen LogP contribution is -2.61. The third-order valence-electron chi connectivity index (χ3n) is 8.32. The quantitative estimate of drug-likeness (QED) is 0.462. The number of fused-ring (bicyclic) bond motifs is 2. The monoisotopic (exact) mass is 541 g/mol. The second-order valence-corrected chi connectivity index (χ2v) is 12.2. The normalized spacial score (nSPS) is 27.2. The molecular weight excluding hydrogens is 507 g/mol. The van der Waals surface area contributed by atoms with Gasteiger partial charge in [-0.15, -0.1) is 10.2 Å². The Balaban J connectivity index is 1.55. The number of likely N-dealkylation sites (tertiary alicyclic amines) is 1. The number of aryl methyl sites for hydroxylation is 1. The first-order chi connectivity index (χ1) is 17.4. The lowest BCUT2D eigenvalue weighted by atomic mass is 9.85. The Morgan fingerprint density at radius 3 is 2.42 bits per heavy atom. The fourth-order valence-corrected chi connectivity index (χ4v) is 6.03. The highest BCUT2D eigenvalue weighted by molar-refractivity contribution is 5.96. The molecule has 0 bridgehead atoms. The molecule has 3 aliphatic rings. The van der Waals surface area contributed by atoms with Gasteiger partial charge in [0.2, 0.25) is 17.7 Å². The summed E-state index contributed by atoms with van der Waals surface area (Å²) in [5.74, 6) is -4.12. The van der Waals surface area contributed by atoms with Crippen molar-refractivity contribution < 1.29 is 32.3 Å². The first-order valence-corrected chi connectivity index (χ1v) is 12.6. The van der Waals surface area contributed by atoms with E-state index in [0.717, 1.165) is 0 Å². The second kappa shape index (κ2) is 9.23. The zero-order valence-electron chi connectivity index (χ0n) is 22.0. The molecule has 0 aromatic carbocycles. The number of alkyl halides is 3. The summed E-state index contributed by atoms with van der Waals surface area (Å²) in [6.45, 7) is 9.33. The molecule has 11 nitrogen and oxygen atoms in total. The van der Waals surface area contributed by atoms with Gasteiger partial charge in [0.25, 0.3) is 0 Å². The minimum Gasteiger partial charge on any atom is -0.368 e. The number of hydrogen-bond acceptors (Lipinski definition) is 6. The Hall–Kier alpha value is -3.19. The van der Waals surface area contributed by atoms with Gasteiger partial charge in [-0.05, 0) is 35.5 Å². The van der Waals surface area contributed by atoms with E-state index in [2.05, 4.69) is 15.5 Å². The van der Waals surface area contributed by atoms with Crippen molar-refractivity contribution in [3.8, 4) is 0 Å². The molecule has 1 saturated carbocycles. The lowest BCUT2D eigenvalue weighted by Gasteiger charge is -2.38. The van der Waals surface area contributed by atoms with Crippen LogP contribution in [0.4, 0.5) is 13.2 Å². The summed E-state index contributed by atoms with van der Waals surface area (Å²) in [7, 11) is 0. The molecule has 6 atom stereocenters. The highest BCUT2D eigenvalue weighted by Crippen LogP contribution is 2.65. The van der Waals surface area contributed by atoms with E-state index in [0.29, 0.717) is 18.8 Å². The van der Waals surface area contributed by atoms with Crippen molar-refractivity contribution in [2.75, 3.05) is 6.54 Å². The predicted molar refractivity (Wildman–Crippen MR) is 127 cm³/mol. The number of halogens is 3. The average Bonchev–Trinajstić information content (AvgIpc) is 3.29. The van der Waals surface area contributed by atoms with Crippen LogP contribution in [0.3, 0.4) is 0 Å². The van der Waals surface area contributed by atoms with E-state index < -0.39 is 53.3 Å². The number of nitrogens with two attached hydrogens (primary N) is 1. The minimum absolute atomic E-state index is 0.0541. The molecule has 2 fully saturated rings. The van der Waals surface area contributed by atoms with Crippen molar-refractivity contribution >= 4 is 23.6 Å². The number of nitrogens with zero attached hydrogens (tertiary/aromatic N) is 4. The van der Waals surface area contributed by atoms with Crippen molar-refractivity contribution in [3.05, 3.63) is 12.2 Å².